The highest BCUT2D eigenvalue weighted by Gasteiger charge is 2.51. The van der Waals surface area contributed by atoms with Crippen molar-refractivity contribution >= 4 is 35.0 Å². The Bertz CT molecular complexity index is 2630. The Morgan fingerprint density at radius 1 is 0.703 bits per heavy atom. The summed E-state index contributed by atoms with van der Waals surface area (Å²) >= 11 is 0. The fraction of sp³-hybridized carbons (Fsp3) is 0.627. The fourth-order valence-corrected chi connectivity index (χ4v) is 11.2. The number of ether oxygens (including phenoxy) is 4. The number of aliphatic hydroxyl groups excluding tert-OH is 9. The van der Waals surface area contributed by atoms with E-state index in [9.17, 15) is 75.0 Å². The summed E-state index contributed by atoms with van der Waals surface area (Å²) in [6, 6.07) is 5.40. The molecule has 1 aromatic carbocycles. The van der Waals surface area contributed by atoms with E-state index in [0.717, 1.165) is 0 Å². The van der Waals surface area contributed by atoms with E-state index in [1.807, 2.05) is 38.9 Å². The van der Waals surface area contributed by atoms with Gasteiger partial charge in [0.2, 0.25) is 11.8 Å². The number of fused-ring (bicyclic) bond motifs is 2. The molecule has 510 valence electrons. The zero-order valence-electron chi connectivity index (χ0n) is 54.0. The molecule has 19 atom stereocenters. The second-order valence-electron chi connectivity index (χ2n) is 25.1. The number of allylic oxidation sites excluding steroid dienone is 12. The van der Waals surface area contributed by atoms with Crippen LogP contribution in [-0.2, 0) is 38.1 Å². The Morgan fingerprint density at radius 2 is 1.26 bits per heavy atom. The number of likely N-dealkylation sites (N-methyl/N-ethyl adjacent to an activating group) is 3. The van der Waals surface area contributed by atoms with E-state index in [1.165, 1.54) is 4.90 Å². The third-order valence-corrected chi connectivity index (χ3v) is 16.1. The molecular weight excluding hydrogens is 1180 g/mol. The molecule has 3 aliphatic rings. The number of benzene rings is 1. The van der Waals surface area contributed by atoms with Crippen molar-refractivity contribution in [3.63, 3.8) is 0 Å². The lowest BCUT2D eigenvalue weighted by molar-refractivity contribution is -0.307. The van der Waals surface area contributed by atoms with Crippen molar-refractivity contribution < 1.29 is 94.0 Å². The molecule has 2 amide bonds. The summed E-state index contributed by atoms with van der Waals surface area (Å²) in [5.74, 6) is -6.79. The Morgan fingerprint density at radius 3 is 1.86 bits per heavy atom. The molecule has 91 heavy (non-hydrogen) atoms. The van der Waals surface area contributed by atoms with Gasteiger partial charge in [-0.05, 0) is 97.4 Å². The van der Waals surface area contributed by atoms with E-state index in [1.54, 1.807) is 136 Å². The molecule has 0 radical (unpaired) electrons. The summed E-state index contributed by atoms with van der Waals surface area (Å²) in [4.78, 5) is 71.3. The molecule has 0 aromatic heterocycles. The van der Waals surface area contributed by atoms with Gasteiger partial charge in [-0.25, -0.2) is 0 Å². The van der Waals surface area contributed by atoms with Gasteiger partial charge in [-0.2, -0.15) is 0 Å². The minimum absolute atomic E-state index is 0.124. The predicted octanol–water partition coefficient (Wildman–Crippen LogP) is 1.82. The highest BCUT2D eigenvalue weighted by molar-refractivity contribution is 5.98. The number of esters is 1. The largest absolute Gasteiger partial charge is 0.461 e. The first-order valence-electron chi connectivity index (χ1n) is 31.4. The molecule has 2 saturated heterocycles. The number of cyclic esters (lactones) is 1. The third kappa shape index (κ3) is 27.9. The average Bonchev–Trinajstić information content (AvgIpc) is 0.806. The van der Waals surface area contributed by atoms with E-state index in [-0.39, 0.29) is 56.4 Å². The summed E-state index contributed by atoms with van der Waals surface area (Å²) in [7, 11) is 8.86. The van der Waals surface area contributed by atoms with Crippen LogP contribution in [0.25, 0.3) is 0 Å². The van der Waals surface area contributed by atoms with Gasteiger partial charge in [0.25, 0.3) is 0 Å². The molecule has 1 aromatic rings. The number of hydrogen-bond acceptors (Lipinski definition) is 22. The van der Waals surface area contributed by atoms with Crippen LogP contribution in [0, 0.1) is 17.8 Å². The number of anilines is 1. The first kappa shape index (κ1) is 78.0. The molecule has 3 heterocycles. The van der Waals surface area contributed by atoms with Crippen molar-refractivity contribution in [2.75, 3.05) is 59.8 Å². The van der Waals surface area contributed by atoms with Crippen LogP contribution >= 0.6 is 0 Å². The van der Waals surface area contributed by atoms with Gasteiger partial charge in [-0.3, -0.25) is 24.0 Å². The van der Waals surface area contributed by atoms with Crippen molar-refractivity contribution in [2.24, 2.45) is 23.5 Å². The lowest BCUT2D eigenvalue weighted by atomic mass is 9.82. The van der Waals surface area contributed by atoms with Crippen LogP contribution in [0.3, 0.4) is 0 Å². The number of Topliss-reactive ketones (excluding diaryl/α,β-unsaturated/α-hetero) is 2. The summed E-state index contributed by atoms with van der Waals surface area (Å²) in [6.07, 6.45) is 2.72. The molecule has 14 unspecified atom stereocenters. The summed E-state index contributed by atoms with van der Waals surface area (Å²) in [5.41, 5.74) is 7.12. The lowest BCUT2D eigenvalue weighted by Gasteiger charge is -2.46. The molecular formula is C67H103N5O19. The van der Waals surface area contributed by atoms with E-state index >= 15 is 0 Å². The van der Waals surface area contributed by atoms with Gasteiger partial charge >= 0.3 is 5.97 Å². The molecule has 24 heteroatoms. The SMILES string of the molecule is CC1/C=C/C=C/C=C/C=C/C=C/C=C/C=C/C(O[C@@H]2O[C@H](C)[C@@H](O)[C@H](N)[C@@H]2O)CC2OC(O)(CC(O)CC(O)CC(O)CC(O)CC(=O)CC(O)CC(=O)OC1C(C)CCC(O)CC(=O)c1ccc(N(C)C(=O)CN(C)C)cc1)CC(O)C2C(=O)NCCN(C)C. The van der Waals surface area contributed by atoms with Crippen molar-refractivity contribution in [3.05, 3.63) is 115 Å². The smallest absolute Gasteiger partial charge is 0.308 e. The monoisotopic (exact) mass is 1280 g/mol. The zero-order chi connectivity index (χ0) is 67.5. The molecule has 2 fully saturated rings. The van der Waals surface area contributed by atoms with Crippen LogP contribution in [0.15, 0.2) is 109 Å². The third-order valence-electron chi connectivity index (χ3n) is 16.1. The number of amides is 2. The van der Waals surface area contributed by atoms with Crippen molar-refractivity contribution in [1.82, 2.24) is 15.1 Å². The van der Waals surface area contributed by atoms with Gasteiger partial charge in [-0.15, -0.1) is 0 Å². The second kappa shape index (κ2) is 39.3. The number of rotatable bonds is 16. The number of nitrogens with zero attached hydrogens (tertiary/aromatic N) is 3. The number of carbonyl (C=O) groups is 5. The molecule has 13 N–H and O–H groups in total. The highest BCUT2D eigenvalue weighted by Crippen LogP contribution is 2.38. The fourth-order valence-electron chi connectivity index (χ4n) is 11.2. The van der Waals surface area contributed by atoms with Gasteiger partial charge in [0, 0.05) is 75.8 Å². The maximum Gasteiger partial charge on any atom is 0.308 e. The normalized spacial score (nSPS) is 35.0. The number of carbonyl (C=O) groups excluding carboxylic acids is 5. The molecule has 0 aliphatic carbocycles. The van der Waals surface area contributed by atoms with Crippen molar-refractivity contribution in [1.29, 1.82) is 0 Å². The van der Waals surface area contributed by atoms with Gasteiger partial charge in [0.1, 0.15) is 18.0 Å². The number of nitrogens with two attached hydrogens (primary N) is 1. The van der Waals surface area contributed by atoms with E-state index in [4.69, 9.17) is 24.7 Å². The van der Waals surface area contributed by atoms with Gasteiger partial charge in [0.15, 0.2) is 17.9 Å². The van der Waals surface area contributed by atoms with E-state index in [0.29, 0.717) is 24.2 Å². The Kier molecular flexibility index (Phi) is 33.6. The van der Waals surface area contributed by atoms with Gasteiger partial charge in [-0.1, -0.05) is 98.9 Å². The van der Waals surface area contributed by atoms with Gasteiger partial charge < -0.3 is 95.8 Å². The van der Waals surface area contributed by atoms with Crippen LogP contribution in [-0.4, -0.2) is 243 Å². The first-order chi connectivity index (χ1) is 42.9. The number of ketones is 2. The zero-order valence-corrected chi connectivity index (χ0v) is 54.0. The molecule has 3 aliphatic heterocycles. The van der Waals surface area contributed by atoms with E-state index < -0.39 is 172 Å². The molecule has 0 saturated carbocycles. The van der Waals surface area contributed by atoms with Gasteiger partial charge in [0.05, 0.1) is 92.1 Å². The molecule has 4 rings (SSSR count). The van der Waals surface area contributed by atoms with E-state index in [2.05, 4.69) is 5.32 Å². The minimum atomic E-state index is -2.29. The highest BCUT2D eigenvalue weighted by atomic mass is 16.7. The van der Waals surface area contributed by atoms with Crippen LogP contribution in [0.4, 0.5) is 5.69 Å². The molecule has 2 bridgehead atoms. The number of hydrogen-bond donors (Lipinski definition) is 12. The van der Waals surface area contributed by atoms with Crippen molar-refractivity contribution in [2.45, 2.75) is 195 Å². The summed E-state index contributed by atoms with van der Waals surface area (Å²) in [5, 5.41) is 114. The lowest BCUT2D eigenvalue weighted by Crippen LogP contribution is -2.62. The van der Waals surface area contributed by atoms with Crippen LogP contribution in [0.1, 0.15) is 108 Å². The van der Waals surface area contributed by atoms with Crippen LogP contribution in [0.5, 0.6) is 0 Å². The van der Waals surface area contributed by atoms with Crippen LogP contribution in [0.2, 0.25) is 0 Å². The Balaban J connectivity index is 1.56. The molecule has 0 spiro atoms. The Hall–Kier alpha value is -5.49. The topological polar surface area (TPSA) is 372 Å². The standard InChI is InChI=1S/C67H103N5O19/c1-42-21-19-17-15-13-11-9-10-12-14-16-18-20-22-54(89-66-63(85)61(68)62(84)44(3)88-66)38-57-60(65(86)69-29-30-70(4)5)56(81)40-67(87,91-57)39-53(79)35-51(77)33-49(75)31-48(74)32-50(76)34-52(78)37-59(83)90-64(42)43(2)23-28-47(73)36-55(80)45-24-26-46(27-25-45)72(8)58(82)41-71(6)7/h9-22,24-27,42-44,47-49,51-54,56-57,60-64,66,73-75,77-79,81,84-85,87H,23,28-41,68H2,1-8H3,(H,69,86)/b10-9+,13-11+,14-12+,17-15+,18-16+,21-19+,22-20+/t42?,43?,44-,47?,48?,49?,51?,52?,53?,54?,56?,57?,60?,61+,62-,63+,64?,66+,67?/m1/s1. The summed E-state index contributed by atoms with van der Waals surface area (Å²) < 4.78 is 24.3. The second-order valence-corrected chi connectivity index (χ2v) is 25.1. The maximum absolute atomic E-state index is 13.9. The average molecular weight is 1280 g/mol. The van der Waals surface area contributed by atoms with Crippen LogP contribution < -0.4 is 16.0 Å². The maximum atomic E-state index is 13.9. The first-order valence-corrected chi connectivity index (χ1v) is 31.4. The number of nitrogens with one attached hydrogen (secondary N) is 1. The van der Waals surface area contributed by atoms with Crippen molar-refractivity contribution in [3.8, 4) is 0 Å². The predicted molar refractivity (Wildman–Crippen MR) is 341 cm³/mol. The molecule has 24 nitrogen and oxygen atoms in total. The quantitative estimate of drug-likeness (QED) is 0.0829. The Labute approximate surface area is 535 Å². The number of aliphatic hydroxyl groups is 10. The minimum Gasteiger partial charge on any atom is -0.461 e. The summed E-state index contributed by atoms with van der Waals surface area (Å²) in [6.45, 7) is 6.11.